The number of nitrogens with zero attached hydrogens (tertiary/aromatic N) is 3. The lowest BCUT2D eigenvalue weighted by atomic mass is 9.77. The molecule has 0 aliphatic heterocycles. The maximum absolute atomic E-state index is 2.48. The molecule has 10 rings (SSSR count). The van der Waals surface area contributed by atoms with E-state index in [0.29, 0.717) is 0 Å². The van der Waals surface area contributed by atoms with Crippen molar-refractivity contribution < 1.29 is 0 Å². The predicted octanol–water partition coefficient (Wildman–Crippen LogP) is 13.1. The van der Waals surface area contributed by atoms with Crippen molar-refractivity contribution in [2.75, 3.05) is 11.9 Å². The minimum absolute atomic E-state index is 0.0506. The Balaban J connectivity index is 1.11. The summed E-state index contributed by atoms with van der Waals surface area (Å²) in [5.74, 6) is 0. The molecule has 9 aromatic rings. The minimum atomic E-state index is 0.0506. The van der Waals surface area contributed by atoms with E-state index in [1.165, 1.54) is 60.5 Å². The van der Waals surface area contributed by atoms with Crippen LogP contribution in [0.15, 0.2) is 188 Å². The summed E-state index contributed by atoms with van der Waals surface area (Å²) in [4.78, 5) is 2.26. The van der Waals surface area contributed by atoms with Crippen LogP contribution in [0.3, 0.4) is 0 Å². The molecule has 1 unspecified atom stereocenters. The van der Waals surface area contributed by atoms with E-state index in [0.717, 1.165) is 28.8 Å². The summed E-state index contributed by atoms with van der Waals surface area (Å²) in [5, 5.41) is 4.95. The first-order chi connectivity index (χ1) is 26.1. The Labute approximate surface area is 309 Å². The third-order valence-electron chi connectivity index (χ3n) is 11.4. The molecule has 1 atom stereocenters. The van der Waals surface area contributed by atoms with Crippen LogP contribution in [-0.2, 0) is 5.41 Å². The Kier molecular flexibility index (Phi) is 7.23. The Morgan fingerprint density at radius 1 is 0.509 bits per heavy atom. The first-order valence-corrected chi connectivity index (χ1v) is 18.5. The molecule has 7 aromatic carbocycles. The minimum Gasteiger partial charge on any atom is -0.345 e. The van der Waals surface area contributed by atoms with E-state index in [4.69, 9.17) is 0 Å². The fraction of sp³-hybridized carbons (Fsp3) is 0.0800. The smallest absolute Gasteiger partial charge is 0.0703 e. The summed E-state index contributed by atoms with van der Waals surface area (Å²) in [7, 11) is 2.15. The highest BCUT2D eigenvalue weighted by Gasteiger charge is 2.23. The van der Waals surface area contributed by atoms with Crippen molar-refractivity contribution in [1.29, 1.82) is 0 Å². The molecule has 0 amide bonds. The lowest BCUT2D eigenvalue weighted by Crippen LogP contribution is -2.19. The number of hydrogen-bond donors (Lipinski definition) is 0. The highest BCUT2D eigenvalue weighted by atomic mass is 15.1. The normalized spacial score (nSPS) is 15.6. The van der Waals surface area contributed by atoms with Crippen LogP contribution >= 0.6 is 0 Å². The van der Waals surface area contributed by atoms with Gasteiger partial charge in [-0.2, -0.15) is 0 Å². The van der Waals surface area contributed by atoms with Gasteiger partial charge in [-0.3, -0.25) is 0 Å². The summed E-state index contributed by atoms with van der Waals surface area (Å²) in [5.41, 5.74) is 13.2. The average Bonchev–Trinajstić information content (AvgIpc) is 3.55. The van der Waals surface area contributed by atoms with Gasteiger partial charge in [-0.15, -0.1) is 0 Å². The molecule has 3 heteroatoms. The standard InChI is InChI=1S/C50H39N3/c1-50(32-11-4-12-33-50)37-25-29-39(30-26-37)51(2)38-27-22-35(23-28-38)36-24-31-46-44(34-36)43-18-13-17-42-41-16-7-8-19-45(41)52(40-14-5-3-6-15-40)47-20-9-10-21-48(47)53(46)49(42)43/h3-32,34H,33H2,1-2H3. The second kappa shape index (κ2) is 12.3. The van der Waals surface area contributed by atoms with Crippen molar-refractivity contribution in [3.05, 3.63) is 194 Å². The Hall–Kier alpha value is -6.58. The lowest BCUT2D eigenvalue weighted by molar-refractivity contribution is 0.600. The van der Waals surface area contributed by atoms with E-state index in [1.807, 2.05) is 0 Å². The number of anilines is 2. The van der Waals surface area contributed by atoms with Gasteiger partial charge >= 0.3 is 0 Å². The number of benzene rings is 7. The van der Waals surface area contributed by atoms with Crippen molar-refractivity contribution in [3.8, 4) is 16.8 Å². The highest BCUT2D eigenvalue weighted by molar-refractivity contribution is 6.20. The maximum Gasteiger partial charge on any atom is 0.0703 e. The zero-order chi connectivity index (χ0) is 35.5. The van der Waals surface area contributed by atoms with E-state index in [9.17, 15) is 0 Å². The van der Waals surface area contributed by atoms with Crippen LogP contribution in [0.4, 0.5) is 11.4 Å². The highest BCUT2D eigenvalue weighted by Crippen LogP contribution is 2.40. The van der Waals surface area contributed by atoms with E-state index in [-0.39, 0.29) is 5.41 Å². The molecule has 1 aliphatic rings. The van der Waals surface area contributed by atoms with Crippen LogP contribution in [0.25, 0.3) is 65.9 Å². The number of fused-ring (bicyclic) bond motifs is 7. The quantitative estimate of drug-likeness (QED) is 0.176. The fourth-order valence-corrected chi connectivity index (χ4v) is 8.47. The van der Waals surface area contributed by atoms with Gasteiger partial charge in [0.25, 0.3) is 0 Å². The molecule has 0 fully saturated rings. The molecule has 3 nitrogen and oxygen atoms in total. The third kappa shape index (κ3) is 5.03. The van der Waals surface area contributed by atoms with Crippen LogP contribution in [0.1, 0.15) is 18.9 Å². The van der Waals surface area contributed by atoms with Gasteiger partial charge in [0.05, 0.1) is 27.6 Å². The van der Waals surface area contributed by atoms with Gasteiger partial charge in [-0.1, -0.05) is 128 Å². The third-order valence-corrected chi connectivity index (χ3v) is 11.4. The van der Waals surface area contributed by atoms with Crippen LogP contribution in [-0.4, -0.2) is 16.0 Å². The zero-order valence-electron chi connectivity index (χ0n) is 29.9. The SMILES string of the molecule is CN(c1ccc(-c2ccc3c(c2)c2cccc4c5ccccc5n(-c5ccccc5)c5ccccc5n3c42)cc1)c1ccc(C2(C)C=CC=CC2)cc1. The van der Waals surface area contributed by atoms with E-state index >= 15 is 0 Å². The van der Waals surface area contributed by atoms with Gasteiger partial charge < -0.3 is 13.9 Å². The van der Waals surface area contributed by atoms with Crippen molar-refractivity contribution in [2.24, 2.45) is 0 Å². The second-order valence-corrected chi connectivity index (χ2v) is 14.5. The van der Waals surface area contributed by atoms with Crippen molar-refractivity contribution in [3.63, 3.8) is 0 Å². The van der Waals surface area contributed by atoms with Gasteiger partial charge in [0.2, 0.25) is 0 Å². The summed E-state index contributed by atoms with van der Waals surface area (Å²) in [6, 6.07) is 60.1. The molecular formula is C50H39N3. The van der Waals surface area contributed by atoms with Crippen LogP contribution < -0.4 is 4.90 Å². The molecule has 0 bridgehead atoms. The summed E-state index contributed by atoms with van der Waals surface area (Å²) >= 11 is 0. The van der Waals surface area contributed by atoms with Gasteiger partial charge in [0, 0.05) is 51.1 Å². The van der Waals surface area contributed by atoms with E-state index in [2.05, 4.69) is 216 Å². The van der Waals surface area contributed by atoms with Gasteiger partial charge in [0.1, 0.15) is 0 Å². The number of rotatable bonds is 5. The van der Waals surface area contributed by atoms with Crippen molar-refractivity contribution >= 4 is 60.5 Å². The molecule has 0 spiro atoms. The van der Waals surface area contributed by atoms with Crippen molar-refractivity contribution in [1.82, 2.24) is 8.97 Å². The molecular weight excluding hydrogens is 643 g/mol. The molecule has 1 aliphatic carbocycles. The summed E-state index contributed by atoms with van der Waals surface area (Å²) < 4.78 is 4.89. The molecule has 0 saturated heterocycles. The summed E-state index contributed by atoms with van der Waals surface area (Å²) in [6.07, 6.45) is 9.90. The molecule has 0 radical (unpaired) electrons. The number of allylic oxidation sites excluding steroid dienone is 4. The molecule has 254 valence electrons. The van der Waals surface area contributed by atoms with Gasteiger partial charge in [-0.05, 0) is 89.8 Å². The molecule has 2 heterocycles. The molecule has 53 heavy (non-hydrogen) atoms. The zero-order valence-corrected chi connectivity index (χ0v) is 29.9. The predicted molar refractivity (Wildman–Crippen MR) is 226 cm³/mol. The van der Waals surface area contributed by atoms with Crippen LogP contribution in [0.5, 0.6) is 0 Å². The monoisotopic (exact) mass is 681 g/mol. The Morgan fingerprint density at radius 3 is 1.87 bits per heavy atom. The fourth-order valence-electron chi connectivity index (χ4n) is 8.47. The van der Waals surface area contributed by atoms with E-state index in [1.54, 1.807) is 0 Å². The Morgan fingerprint density at radius 2 is 1.13 bits per heavy atom. The van der Waals surface area contributed by atoms with Crippen LogP contribution in [0, 0.1) is 0 Å². The van der Waals surface area contributed by atoms with Gasteiger partial charge in [0.15, 0.2) is 0 Å². The Bertz CT molecular complexity index is 2920. The van der Waals surface area contributed by atoms with E-state index < -0.39 is 0 Å². The maximum atomic E-state index is 2.48. The first kappa shape index (κ1) is 31.2. The molecule has 0 saturated carbocycles. The second-order valence-electron chi connectivity index (χ2n) is 14.5. The van der Waals surface area contributed by atoms with Gasteiger partial charge in [-0.25, -0.2) is 0 Å². The first-order valence-electron chi connectivity index (χ1n) is 18.5. The average molecular weight is 682 g/mol. The summed E-state index contributed by atoms with van der Waals surface area (Å²) in [6.45, 7) is 2.31. The number of aromatic nitrogens is 2. The van der Waals surface area contributed by atoms with Crippen molar-refractivity contribution in [2.45, 2.75) is 18.8 Å². The number of para-hydroxylation sites is 5. The lowest BCUT2D eigenvalue weighted by Gasteiger charge is -2.28. The topological polar surface area (TPSA) is 12.6 Å². The van der Waals surface area contributed by atoms with Crippen LogP contribution in [0.2, 0.25) is 0 Å². The molecule has 0 N–H and O–H groups in total. The number of hydrogen-bond acceptors (Lipinski definition) is 1. The largest absolute Gasteiger partial charge is 0.345 e. The molecule has 2 aromatic heterocycles.